The van der Waals surface area contributed by atoms with Crippen molar-refractivity contribution in [1.29, 1.82) is 0 Å². The topological polar surface area (TPSA) is 78.7 Å². The maximum Gasteiger partial charge on any atom is 0.253 e. The standard InChI is InChI=1S/C24H31N7O/c1-17(2)30-11-10-29(14-18-5-6-18)16-21(30)23-28-27-22-8-7-20(15-31(22)23)24(32)26-13-19-4-3-9-25-12-19/h3-4,7-9,12,15,17-18,21H,5-6,10-11,13-14,16H2,1-2H3,(H,26,32)/t21-/m1/s1. The van der Waals surface area contributed by atoms with Gasteiger partial charge >= 0.3 is 0 Å². The van der Waals surface area contributed by atoms with E-state index in [9.17, 15) is 4.79 Å². The molecule has 1 atom stereocenters. The molecule has 168 valence electrons. The molecule has 1 saturated heterocycles. The monoisotopic (exact) mass is 433 g/mol. The van der Waals surface area contributed by atoms with Crippen molar-refractivity contribution < 1.29 is 4.79 Å². The number of pyridine rings is 2. The lowest BCUT2D eigenvalue weighted by Gasteiger charge is -2.42. The minimum Gasteiger partial charge on any atom is -0.348 e. The number of hydrogen-bond acceptors (Lipinski definition) is 6. The molecule has 0 spiro atoms. The summed E-state index contributed by atoms with van der Waals surface area (Å²) >= 11 is 0. The molecule has 2 fully saturated rings. The second kappa shape index (κ2) is 8.96. The summed E-state index contributed by atoms with van der Waals surface area (Å²) in [7, 11) is 0. The Labute approximate surface area is 188 Å². The van der Waals surface area contributed by atoms with Gasteiger partial charge in [-0.3, -0.25) is 24.0 Å². The molecule has 1 N–H and O–H groups in total. The first kappa shape index (κ1) is 21.0. The second-order valence-corrected chi connectivity index (χ2v) is 9.30. The summed E-state index contributed by atoms with van der Waals surface area (Å²) < 4.78 is 2.00. The molecule has 8 nitrogen and oxygen atoms in total. The van der Waals surface area contributed by atoms with Crippen molar-refractivity contribution in [3.05, 3.63) is 59.8 Å². The van der Waals surface area contributed by atoms with E-state index in [-0.39, 0.29) is 11.9 Å². The predicted molar refractivity (Wildman–Crippen MR) is 122 cm³/mol. The molecule has 0 aromatic carbocycles. The van der Waals surface area contributed by atoms with E-state index in [2.05, 4.69) is 44.1 Å². The first-order valence-corrected chi connectivity index (χ1v) is 11.6. The van der Waals surface area contributed by atoms with Gasteiger partial charge in [-0.2, -0.15) is 0 Å². The highest BCUT2D eigenvalue weighted by molar-refractivity contribution is 5.94. The smallest absolute Gasteiger partial charge is 0.253 e. The van der Waals surface area contributed by atoms with Gasteiger partial charge in [-0.05, 0) is 56.4 Å². The Balaban J connectivity index is 1.38. The number of hydrogen-bond donors (Lipinski definition) is 1. The van der Waals surface area contributed by atoms with Crippen molar-refractivity contribution in [2.75, 3.05) is 26.2 Å². The molecule has 2 aliphatic rings. The molecular formula is C24H31N7O. The Kier molecular flexibility index (Phi) is 5.89. The van der Waals surface area contributed by atoms with Gasteiger partial charge < -0.3 is 5.32 Å². The number of nitrogens with zero attached hydrogens (tertiary/aromatic N) is 6. The third-order valence-electron chi connectivity index (χ3n) is 6.55. The van der Waals surface area contributed by atoms with Crippen LogP contribution in [0, 0.1) is 5.92 Å². The largest absolute Gasteiger partial charge is 0.348 e. The first-order valence-electron chi connectivity index (χ1n) is 11.6. The summed E-state index contributed by atoms with van der Waals surface area (Å²) in [5, 5.41) is 12.0. The summed E-state index contributed by atoms with van der Waals surface area (Å²) in [4.78, 5) is 22.0. The molecule has 0 radical (unpaired) electrons. The van der Waals surface area contributed by atoms with Crippen LogP contribution in [0.3, 0.4) is 0 Å². The molecule has 8 heteroatoms. The minimum atomic E-state index is -0.116. The van der Waals surface area contributed by atoms with Gasteiger partial charge in [0.25, 0.3) is 5.91 Å². The van der Waals surface area contributed by atoms with Crippen LogP contribution in [0.25, 0.3) is 5.65 Å². The van der Waals surface area contributed by atoms with Gasteiger partial charge in [0.15, 0.2) is 11.5 Å². The number of fused-ring (bicyclic) bond motifs is 1. The Morgan fingerprint density at radius 2 is 2.06 bits per heavy atom. The molecule has 4 heterocycles. The molecule has 0 bridgehead atoms. The number of piperazine rings is 1. The van der Waals surface area contributed by atoms with E-state index in [1.54, 1.807) is 12.4 Å². The second-order valence-electron chi connectivity index (χ2n) is 9.30. The summed E-state index contributed by atoms with van der Waals surface area (Å²) in [5.41, 5.74) is 2.34. The minimum absolute atomic E-state index is 0.116. The Morgan fingerprint density at radius 1 is 1.19 bits per heavy atom. The lowest BCUT2D eigenvalue weighted by molar-refractivity contribution is 0.0437. The first-order chi connectivity index (χ1) is 15.6. The molecule has 3 aromatic heterocycles. The Bertz CT molecular complexity index is 1080. The number of amides is 1. The summed E-state index contributed by atoms with van der Waals surface area (Å²) in [6.07, 6.45) is 8.09. The van der Waals surface area contributed by atoms with Gasteiger partial charge in [0, 0.05) is 57.4 Å². The van der Waals surface area contributed by atoms with Crippen molar-refractivity contribution >= 4 is 11.6 Å². The molecule has 0 unspecified atom stereocenters. The number of nitrogens with one attached hydrogen (secondary N) is 1. The van der Waals surface area contributed by atoms with Crippen molar-refractivity contribution in [2.45, 2.75) is 45.3 Å². The molecule has 32 heavy (non-hydrogen) atoms. The maximum absolute atomic E-state index is 12.8. The fourth-order valence-corrected chi connectivity index (χ4v) is 4.59. The lowest BCUT2D eigenvalue weighted by Crippen LogP contribution is -2.51. The normalized spacial score (nSPS) is 20.2. The zero-order chi connectivity index (χ0) is 22.1. The third kappa shape index (κ3) is 4.52. The van der Waals surface area contributed by atoms with Crippen LogP contribution < -0.4 is 5.32 Å². The van der Waals surface area contributed by atoms with Crippen molar-refractivity contribution in [3.63, 3.8) is 0 Å². The highest BCUT2D eigenvalue weighted by Gasteiger charge is 2.35. The van der Waals surface area contributed by atoms with Crippen LogP contribution in [0.1, 0.15) is 54.5 Å². The van der Waals surface area contributed by atoms with E-state index in [0.29, 0.717) is 18.2 Å². The van der Waals surface area contributed by atoms with E-state index in [1.165, 1.54) is 19.4 Å². The number of carbonyl (C=O) groups is 1. The van der Waals surface area contributed by atoms with Crippen LogP contribution in [0.4, 0.5) is 0 Å². The van der Waals surface area contributed by atoms with Crippen molar-refractivity contribution in [1.82, 2.24) is 34.7 Å². The van der Waals surface area contributed by atoms with Gasteiger partial charge in [0.2, 0.25) is 0 Å². The highest BCUT2D eigenvalue weighted by Crippen LogP contribution is 2.33. The molecule has 1 aliphatic carbocycles. The third-order valence-corrected chi connectivity index (χ3v) is 6.55. The van der Waals surface area contributed by atoms with Crippen molar-refractivity contribution in [2.24, 2.45) is 5.92 Å². The van der Waals surface area contributed by atoms with Crippen LogP contribution in [-0.4, -0.2) is 67.5 Å². The van der Waals surface area contributed by atoms with Crippen LogP contribution in [0.15, 0.2) is 42.9 Å². The van der Waals surface area contributed by atoms with Crippen LogP contribution in [-0.2, 0) is 6.54 Å². The van der Waals surface area contributed by atoms with Gasteiger partial charge in [0.05, 0.1) is 11.6 Å². The summed E-state index contributed by atoms with van der Waals surface area (Å²) in [5.74, 6) is 1.66. The van der Waals surface area contributed by atoms with E-state index >= 15 is 0 Å². The molecule has 1 amide bonds. The van der Waals surface area contributed by atoms with E-state index < -0.39 is 0 Å². The quantitative estimate of drug-likeness (QED) is 0.617. The fraction of sp³-hybridized carbons (Fsp3) is 0.500. The Hall–Kier alpha value is -2.84. The maximum atomic E-state index is 12.8. The SMILES string of the molecule is CC(C)N1CCN(CC2CC2)C[C@@H]1c1nnc2ccc(C(=O)NCc3cccnc3)cn12. The van der Waals surface area contributed by atoms with E-state index in [0.717, 1.165) is 42.6 Å². The van der Waals surface area contributed by atoms with Gasteiger partial charge in [-0.1, -0.05) is 6.07 Å². The van der Waals surface area contributed by atoms with Gasteiger partial charge in [-0.15, -0.1) is 10.2 Å². The van der Waals surface area contributed by atoms with Gasteiger partial charge in [0.1, 0.15) is 0 Å². The van der Waals surface area contributed by atoms with Crippen LogP contribution in [0.5, 0.6) is 0 Å². The molecular weight excluding hydrogens is 402 g/mol. The highest BCUT2D eigenvalue weighted by atomic mass is 16.1. The molecule has 1 aliphatic heterocycles. The molecule has 5 rings (SSSR count). The zero-order valence-corrected chi connectivity index (χ0v) is 18.8. The van der Waals surface area contributed by atoms with Crippen LogP contribution >= 0.6 is 0 Å². The van der Waals surface area contributed by atoms with Crippen molar-refractivity contribution in [3.8, 4) is 0 Å². The zero-order valence-electron chi connectivity index (χ0n) is 18.8. The number of carbonyl (C=O) groups excluding carboxylic acids is 1. The number of aromatic nitrogens is 4. The lowest BCUT2D eigenvalue weighted by atomic mass is 10.1. The molecule has 1 saturated carbocycles. The van der Waals surface area contributed by atoms with E-state index in [4.69, 9.17) is 0 Å². The average Bonchev–Trinajstić information content (AvgIpc) is 3.52. The predicted octanol–water partition coefficient (Wildman–Crippen LogP) is 2.53. The fourth-order valence-electron chi connectivity index (χ4n) is 4.59. The average molecular weight is 434 g/mol. The van der Waals surface area contributed by atoms with Gasteiger partial charge in [-0.25, -0.2) is 0 Å². The molecule has 3 aromatic rings. The van der Waals surface area contributed by atoms with E-state index in [1.807, 2.05) is 34.9 Å². The number of rotatable bonds is 7. The summed E-state index contributed by atoms with van der Waals surface area (Å²) in [6.45, 7) is 9.18. The van der Waals surface area contributed by atoms with Crippen LogP contribution in [0.2, 0.25) is 0 Å². The summed E-state index contributed by atoms with van der Waals surface area (Å²) in [6, 6.07) is 8.08. The Morgan fingerprint density at radius 3 is 2.81 bits per heavy atom.